The zero-order valence-electron chi connectivity index (χ0n) is 46.7. The van der Waals surface area contributed by atoms with Gasteiger partial charge in [0.2, 0.25) is 11.8 Å². The van der Waals surface area contributed by atoms with Crippen molar-refractivity contribution >= 4 is 74.1 Å². The number of carbonyl (C=O) groups excluding carboxylic acids is 2. The van der Waals surface area contributed by atoms with Gasteiger partial charge in [-0.25, -0.2) is 22.8 Å². The molecule has 2 amide bonds. The Labute approximate surface area is 487 Å². The SMILES string of the molecule is C=CC(=O)N1C[C@H](C)N(c2nc(=O)n3c4c(c(-c5ccc(F)cc5F)c(Cl)cc24)OCC3CN2CCN(C/C=C/C(=O)N3C[C@H](C)N(c4nc(=O)n5c6c(c(-c7c(N)cccc7F)c(Cl)cc46)OCC5CN4CCC4)C[C@H]3C)CC2)C[C@H]1C. The largest absolute Gasteiger partial charge is 0.488 e. The molecule has 2 aromatic heterocycles. The van der Waals surface area contributed by atoms with Crippen molar-refractivity contribution in [2.75, 3.05) is 114 Å². The van der Waals surface area contributed by atoms with E-state index in [0.717, 1.165) is 31.6 Å². The summed E-state index contributed by atoms with van der Waals surface area (Å²) in [6.45, 7) is 19.2. The molecule has 0 aliphatic carbocycles. The predicted octanol–water partition coefficient (Wildman–Crippen LogP) is 7.23. The summed E-state index contributed by atoms with van der Waals surface area (Å²) < 4.78 is 61.7. The summed E-state index contributed by atoms with van der Waals surface area (Å²) >= 11 is 14.1. The molecule has 8 heterocycles. The van der Waals surface area contributed by atoms with Crippen molar-refractivity contribution in [1.29, 1.82) is 0 Å². The van der Waals surface area contributed by atoms with Crippen LogP contribution in [0.3, 0.4) is 0 Å². The van der Waals surface area contributed by atoms with Gasteiger partial charge in [0, 0.05) is 147 Å². The minimum Gasteiger partial charge on any atom is -0.488 e. The quantitative estimate of drug-likeness (QED) is 0.0962. The summed E-state index contributed by atoms with van der Waals surface area (Å²) in [5, 5.41) is 1.45. The van der Waals surface area contributed by atoms with E-state index >= 15 is 8.78 Å². The number of benzene rings is 4. The standard InChI is InChI=1S/C60H65Cl2F3N12O6/c1-6-48(78)72-25-35(4)74(27-33(72)2)57-41-23-43(61)50(40-14-13-37(63)22-46(40)65)55-53(41)76(59(80)67-57)39(31-82-55)30-71-20-18-69(19-21-71)15-8-12-49(79)73-26-36(5)75(28-34(73)3)58-42-24-44(62)51(52-45(64)10-7-11-47(52)66)56-54(42)77(60(81)68-58)38(32-83-56)29-70-16-9-17-70/h6-8,10-14,22-24,33-36,38-39H,1,9,15-21,25-32,66H2,2-5H3/b12-8+/t33-,34-,35+,36+,38?,39?/m1/s1. The van der Waals surface area contributed by atoms with Crippen LogP contribution in [0.5, 0.6) is 11.5 Å². The molecule has 6 atom stereocenters. The zero-order chi connectivity index (χ0) is 58.3. The van der Waals surface area contributed by atoms with E-state index in [1.165, 1.54) is 24.3 Å². The van der Waals surface area contributed by atoms with Crippen LogP contribution in [0.4, 0.5) is 30.5 Å². The van der Waals surface area contributed by atoms with E-state index in [-0.39, 0.29) is 105 Å². The number of carbonyl (C=O) groups is 2. The van der Waals surface area contributed by atoms with E-state index in [0.29, 0.717) is 105 Å². The van der Waals surface area contributed by atoms with Crippen LogP contribution >= 0.6 is 23.2 Å². The highest BCUT2D eigenvalue weighted by atomic mass is 35.5. The van der Waals surface area contributed by atoms with Crippen molar-refractivity contribution in [2.24, 2.45) is 0 Å². The number of hydrogen-bond acceptors (Lipinski definition) is 14. The number of nitrogens with two attached hydrogens (primary N) is 1. The maximum atomic E-state index is 15.6. The lowest BCUT2D eigenvalue weighted by molar-refractivity contribution is -0.129. The van der Waals surface area contributed by atoms with Crippen LogP contribution in [-0.4, -0.2) is 178 Å². The van der Waals surface area contributed by atoms with Gasteiger partial charge in [0.05, 0.1) is 33.2 Å². The first-order chi connectivity index (χ1) is 39.9. The Kier molecular flexibility index (Phi) is 15.2. The number of likely N-dealkylation sites (tertiary alicyclic amines) is 1. The topological polar surface area (TPSA) is 171 Å². The minimum atomic E-state index is -0.834. The van der Waals surface area contributed by atoms with E-state index in [1.807, 2.05) is 48.5 Å². The van der Waals surface area contributed by atoms with Crippen LogP contribution in [0.2, 0.25) is 10.0 Å². The van der Waals surface area contributed by atoms with Crippen molar-refractivity contribution in [3.63, 3.8) is 0 Å². The number of nitrogens with zero attached hydrogens (tertiary/aromatic N) is 11. The molecule has 12 rings (SSSR count). The fourth-order valence-electron chi connectivity index (χ4n) is 13.1. The molecule has 0 radical (unpaired) electrons. The van der Waals surface area contributed by atoms with Crippen molar-refractivity contribution < 1.29 is 32.2 Å². The van der Waals surface area contributed by atoms with Crippen LogP contribution in [0, 0.1) is 17.5 Å². The molecular weight excluding hydrogens is 1110 g/mol. The highest BCUT2D eigenvalue weighted by Gasteiger charge is 2.40. The molecule has 436 valence electrons. The molecule has 6 aromatic rings. The lowest BCUT2D eigenvalue weighted by Crippen LogP contribution is -2.58. The summed E-state index contributed by atoms with van der Waals surface area (Å²) in [5.41, 5.74) is 7.07. The Bertz CT molecular complexity index is 3760. The third-order valence-corrected chi connectivity index (χ3v) is 18.1. The molecule has 4 fully saturated rings. The zero-order valence-corrected chi connectivity index (χ0v) is 48.2. The van der Waals surface area contributed by atoms with Crippen LogP contribution < -0.4 is 36.4 Å². The summed E-state index contributed by atoms with van der Waals surface area (Å²) in [6.07, 6.45) is 5.87. The molecule has 0 bridgehead atoms. The Morgan fingerprint density at radius 3 is 1.72 bits per heavy atom. The van der Waals surface area contributed by atoms with Crippen molar-refractivity contribution in [2.45, 2.75) is 70.4 Å². The second-order valence-corrected chi connectivity index (χ2v) is 23.7. The smallest absolute Gasteiger partial charge is 0.350 e. The molecule has 23 heteroatoms. The molecule has 4 saturated heterocycles. The summed E-state index contributed by atoms with van der Waals surface area (Å²) in [4.78, 5) is 79.5. The Balaban J connectivity index is 0.735. The van der Waals surface area contributed by atoms with Gasteiger partial charge in [-0.2, -0.15) is 9.97 Å². The second-order valence-electron chi connectivity index (χ2n) is 22.9. The van der Waals surface area contributed by atoms with Crippen LogP contribution in [0.25, 0.3) is 44.1 Å². The van der Waals surface area contributed by atoms with Crippen molar-refractivity contribution in [1.82, 2.24) is 43.6 Å². The van der Waals surface area contributed by atoms with Crippen LogP contribution in [0.15, 0.2) is 82.9 Å². The third-order valence-electron chi connectivity index (χ3n) is 17.5. The maximum absolute atomic E-state index is 15.6. The number of aromatic nitrogens is 4. The van der Waals surface area contributed by atoms with E-state index in [9.17, 15) is 23.6 Å². The van der Waals surface area contributed by atoms with Gasteiger partial charge in [-0.05, 0) is 89.7 Å². The van der Waals surface area contributed by atoms with E-state index in [4.69, 9.17) is 48.4 Å². The molecule has 4 aromatic carbocycles. The number of hydrogen-bond donors (Lipinski definition) is 1. The molecule has 6 aliphatic heterocycles. The van der Waals surface area contributed by atoms with Gasteiger partial charge in [-0.3, -0.25) is 28.5 Å². The summed E-state index contributed by atoms with van der Waals surface area (Å²) in [6, 6.07) is 9.21. The Hall–Kier alpha value is -7.17. The second kappa shape index (κ2) is 22.4. The van der Waals surface area contributed by atoms with Crippen molar-refractivity contribution in [3.8, 4) is 33.8 Å². The number of nitrogen functional groups attached to an aromatic ring is 1. The van der Waals surface area contributed by atoms with E-state index < -0.39 is 34.9 Å². The number of halogens is 5. The molecule has 18 nitrogen and oxygen atoms in total. The van der Waals surface area contributed by atoms with Gasteiger partial charge in [-0.15, -0.1) is 0 Å². The lowest BCUT2D eigenvalue weighted by Gasteiger charge is -2.45. The molecule has 2 N–H and O–H groups in total. The molecule has 6 aliphatic rings. The third kappa shape index (κ3) is 10.1. The fourth-order valence-corrected chi connectivity index (χ4v) is 13.7. The average Bonchev–Trinajstić information content (AvgIpc) is 1.39. The minimum absolute atomic E-state index is 0.0246. The van der Waals surface area contributed by atoms with Crippen molar-refractivity contribution in [3.05, 3.63) is 122 Å². The predicted molar refractivity (Wildman–Crippen MR) is 315 cm³/mol. The number of amides is 2. The number of piperazine rings is 3. The van der Waals surface area contributed by atoms with Crippen LogP contribution in [0.1, 0.15) is 46.2 Å². The van der Waals surface area contributed by atoms with Crippen LogP contribution in [-0.2, 0) is 9.59 Å². The monoisotopic (exact) mass is 1180 g/mol. The molecule has 0 spiro atoms. The lowest BCUT2D eigenvalue weighted by atomic mass is 9.97. The van der Waals surface area contributed by atoms with Gasteiger partial charge in [-0.1, -0.05) is 41.9 Å². The number of rotatable bonds is 12. The molecule has 83 heavy (non-hydrogen) atoms. The van der Waals surface area contributed by atoms with Gasteiger partial charge < -0.3 is 39.7 Å². The fraction of sp³-hybridized carbons (Fsp3) is 0.433. The maximum Gasteiger partial charge on any atom is 0.350 e. The number of anilines is 3. The molecular formula is C60H65Cl2F3N12O6. The highest BCUT2D eigenvalue weighted by Crippen LogP contribution is 2.50. The first-order valence-electron chi connectivity index (χ1n) is 28.3. The van der Waals surface area contributed by atoms with Gasteiger partial charge >= 0.3 is 11.4 Å². The van der Waals surface area contributed by atoms with E-state index in [1.54, 1.807) is 38.3 Å². The van der Waals surface area contributed by atoms with Gasteiger partial charge in [0.15, 0.2) is 11.5 Å². The first-order valence-corrected chi connectivity index (χ1v) is 29.1. The average molecular weight is 1180 g/mol. The first kappa shape index (κ1) is 56.3. The molecule has 0 saturated carbocycles. The normalized spacial score (nSPS) is 23.2. The highest BCUT2D eigenvalue weighted by molar-refractivity contribution is 6.36. The summed E-state index contributed by atoms with van der Waals surface area (Å²) in [5.74, 6) is -1.23. The Morgan fingerprint density at radius 1 is 0.663 bits per heavy atom. The van der Waals surface area contributed by atoms with Gasteiger partial charge in [0.1, 0.15) is 42.3 Å². The molecule has 2 unspecified atom stereocenters. The van der Waals surface area contributed by atoms with Gasteiger partial charge in [0.25, 0.3) is 0 Å². The Morgan fingerprint density at radius 2 is 1.19 bits per heavy atom. The van der Waals surface area contributed by atoms with E-state index in [2.05, 4.69) is 21.3 Å². The summed E-state index contributed by atoms with van der Waals surface area (Å²) in [7, 11) is 0. The number of ether oxygens (including phenoxy) is 2.